The van der Waals surface area contributed by atoms with Crippen LogP contribution in [0.1, 0.15) is 46.5 Å². The summed E-state index contributed by atoms with van der Waals surface area (Å²) in [4.78, 5) is 14.5. The molecule has 4 nitrogen and oxygen atoms in total. The average molecular weight is 294 g/mol. The van der Waals surface area contributed by atoms with Crippen LogP contribution >= 0.6 is 0 Å². The summed E-state index contributed by atoms with van der Waals surface area (Å²) in [5, 5.41) is 3.37. The fourth-order valence-electron chi connectivity index (χ4n) is 4.75. The molecule has 2 aliphatic carbocycles. The van der Waals surface area contributed by atoms with Gasteiger partial charge >= 0.3 is 5.97 Å². The standard InChI is InChI=1S/C17H30N2O2/c1-16(2)13-5-6-17(16,3)14(11-13)21-15(20)12-19-9-4-7-18-8-10-19/h13-14,18H,4-12H2,1-3H3. The molecule has 2 bridgehead atoms. The van der Waals surface area contributed by atoms with Crippen LogP contribution in [0.4, 0.5) is 0 Å². The molecular formula is C17H30N2O2. The first kappa shape index (κ1) is 15.3. The highest BCUT2D eigenvalue weighted by Crippen LogP contribution is 2.66. The molecule has 3 atom stereocenters. The molecule has 3 aliphatic rings. The molecule has 0 spiro atoms. The quantitative estimate of drug-likeness (QED) is 0.809. The molecule has 0 amide bonds. The summed E-state index contributed by atoms with van der Waals surface area (Å²) in [6.45, 7) is 11.5. The van der Waals surface area contributed by atoms with Crippen LogP contribution in [0, 0.1) is 16.7 Å². The highest BCUT2D eigenvalue weighted by molar-refractivity contribution is 5.72. The van der Waals surface area contributed by atoms with E-state index >= 15 is 0 Å². The molecule has 120 valence electrons. The predicted molar refractivity (Wildman–Crippen MR) is 83.0 cm³/mol. The maximum Gasteiger partial charge on any atom is 0.320 e. The molecule has 0 aromatic heterocycles. The topological polar surface area (TPSA) is 41.6 Å². The largest absolute Gasteiger partial charge is 0.461 e. The minimum absolute atomic E-state index is 0.0218. The molecule has 1 N–H and O–H groups in total. The van der Waals surface area contributed by atoms with Gasteiger partial charge in [0.2, 0.25) is 0 Å². The number of carbonyl (C=O) groups is 1. The van der Waals surface area contributed by atoms with Crippen molar-refractivity contribution >= 4 is 5.97 Å². The SMILES string of the molecule is CC1(C)C2CCC1(C)C(OC(=O)CN1CCCNCC1)C2. The van der Waals surface area contributed by atoms with Crippen molar-refractivity contribution in [1.82, 2.24) is 10.2 Å². The Morgan fingerprint density at radius 3 is 2.76 bits per heavy atom. The van der Waals surface area contributed by atoms with Gasteiger partial charge in [-0.3, -0.25) is 9.69 Å². The molecule has 21 heavy (non-hydrogen) atoms. The van der Waals surface area contributed by atoms with Crippen molar-refractivity contribution in [2.75, 3.05) is 32.7 Å². The first-order chi connectivity index (χ1) is 9.93. The van der Waals surface area contributed by atoms with Gasteiger partial charge in [0, 0.05) is 18.5 Å². The molecule has 1 aliphatic heterocycles. The summed E-state index contributed by atoms with van der Waals surface area (Å²) in [7, 11) is 0. The van der Waals surface area contributed by atoms with Crippen molar-refractivity contribution in [2.45, 2.75) is 52.6 Å². The first-order valence-corrected chi connectivity index (χ1v) is 8.56. The number of hydrogen-bond acceptors (Lipinski definition) is 4. The second-order valence-electron chi connectivity index (χ2n) is 7.97. The third-order valence-electron chi connectivity index (χ3n) is 6.77. The zero-order chi connectivity index (χ0) is 15.1. The Bertz CT molecular complexity index is 402. The lowest BCUT2D eigenvalue weighted by atomic mass is 9.70. The number of carbonyl (C=O) groups excluding carboxylic acids is 1. The molecule has 0 aromatic rings. The van der Waals surface area contributed by atoms with Gasteiger partial charge in [-0.05, 0) is 50.1 Å². The summed E-state index contributed by atoms with van der Waals surface area (Å²) in [6.07, 6.45) is 4.81. The number of nitrogens with one attached hydrogen (secondary N) is 1. The van der Waals surface area contributed by atoms with Crippen molar-refractivity contribution in [3.05, 3.63) is 0 Å². The van der Waals surface area contributed by atoms with E-state index in [1.807, 2.05) is 0 Å². The molecule has 4 heteroatoms. The van der Waals surface area contributed by atoms with Crippen molar-refractivity contribution < 1.29 is 9.53 Å². The first-order valence-electron chi connectivity index (χ1n) is 8.56. The van der Waals surface area contributed by atoms with Crippen LogP contribution in [0.3, 0.4) is 0 Å². The minimum Gasteiger partial charge on any atom is -0.461 e. The molecule has 0 aromatic carbocycles. The van der Waals surface area contributed by atoms with Crippen molar-refractivity contribution in [3.63, 3.8) is 0 Å². The predicted octanol–water partition coefficient (Wildman–Crippen LogP) is 2.04. The summed E-state index contributed by atoms with van der Waals surface area (Å²) in [5.74, 6) is 0.703. The van der Waals surface area contributed by atoms with Gasteiger partial charge < -0.3 is 10.1 Å². The van der Waals surface area contributed by atoms with E-state index in [0.29, 0.717) is 12.0 Å². The number of nitrogens with zero attached hydrogens (tertiary/aromatic N) is 1. The van der Waals surface area contributed by atoms with E-state index in [2.05, 4.69) is 31.0 Å². The van der Waals surface area contributed by atoms with E-state index in [9.17, 15) is 4.79 Å². The number of esters is 1. The summed E-state index contributed by atoms with van der Waals surface area (Å²) >= 11 is 0. The third-order valence-corrected chi connectivity index (χ3v) is 6.77. The normalized spacial score (nSPS) is 39.2. The van der Waals surface area contributed by atoms with E-state index in [-0.39, 0.29) is 17.5 Å². The zero-order valence-corrected chi connectivity index (χ0v) is 13.8. The van der Waals surface area contributed by atoms with Crippen molar-refractivity contribution in [1.29, 1.82) is 0 Å². The second kappa shape index (κ2) is 5.54. The Morgan fingerprint density at radius 1 is 1.29 bits per heavy atom. The lowest BCUT2D eigenvalue weighted by Crippen LogP contribution is -2.41. The van der Waals surface area contributed by atoms with Crippen LogP contribution in [0.25, 0.3) is 0 Å². The molecule has 3 rings (SSSR count). The van der Waals surface area contributed by atoms with E-state index in [1.165, 1.54) is 12.8 Å². The number of ether oxygens (including phenoxy) is 1. The summed E-state index contributed by atoms with van der Waals surface area (Å²) in [5.41, 5.74) is 0.484. The smallest absolute Gasteiger partial charge is 0.320 e. The molecule has 2 saturated carbocycles. The molecule has 1 saturated heterocycles. The van der Waals surface area contributed by atoms with Gasteiger partial charge in [-0.25, -0.2) is 0 Å². The van der Waals surface area contributed by atoms with Gasteiger partial charge in [-0.1, -0.05) is 20.8 Å². The Morgan fingerprint density at radius 2 is 2.10 bits per heavy atom. The Kier molecular flexibility index (Phi) is 4.04. The van der Waals surface area contributed by atoms with Gasteiger partial charge in [0.05, 0.1) is 6.54 Å². The maximum atomic E-state index is 12.3. The lowest BCUT2D eigenvalue weighted by Gasteiger charge is -2.38. The molecular weight excluding hydrogens is 264 g/mol. The van der Waals surface area contributed by atoms with Crippen LogP contribution in [0.5, 0.6) is 0 Å². The van der Waals surface area contributed by atoms with E-state index in [0.717, 1.165) is 44.9 Å². The molecule has 0 radical (unpaired) electrons. The van der Waals surface area contributed by atoms with Crippen LogP contribution in [-0.2, 0) is 9.53 Å². The summed E-state index contributed by atoms with van der Waals surface area (Å²) < 4.78 is 5.93. The molecule has 3 unspecified atom stereocenters. The Balaban J connectivity index is 1.56. The number of rotatable bonds is 3. The number of hydrogen-bond donors (Lipinski definition) is 1. The van der Waals surface area contributed by atoms with E-state index in [1.54, 1.807) is 0 Å². The van der Waals surface area contributed by atoms with Crippen LogP contribution < -0.4 is 5.32 Å². The fourth-order valence-corrected chi connectivity index (χ4v) is 4.75. The summed E-state index contributed by atoms with van der Waals surface area (Å²) in [6, 6.07) is 0. The Labute approximate surface area is 128 Å². The Hall–Kier alpha value is -0.610. The van der Waals surface area contributed by atoms with Gasteiger partial charge in [-0.15, -0.1) is 0 Å². The van der Waals surface area contributed by atoms with Crippen LogP contribution in [-0.4, -0.2) is 49.7 Å². The van der Waals surface area contributed by atoms with E-state index < -0.39 is 0 Å². The van der Waals surface area contributed by atoms with Gasteiger partial charge in [-0.2, -0.15) is 0 Å². The average Bonchev–Trinajstić information content (AvgIpc) is 2.69. The van der Waals surface area contributed by atoms with Gasteiger partial charge in [0.25, 0.3) is 0 Å². The van der Waals surface area contributed by atoms with Crippen molar-refractivity contribution in [2.24, 2.45) is 16.7 Å². The van der Waals surface area contributed by atoms with Gasteiger partial charge in [0.1, 0.15) is 6.10 Å². The second-order valence-corrected chi connectivity index (χ2v) is 7.97. The molecule has 3 fully saturated rings. The third kappa shape index (κ3) is 2.61. The van der Waals surface area contributed by atoms with Crippen molar-refractivity contribution in [3.8, 4) is 0 Å². The lowest BCUT2D eigenvalue weighted by molar-refractivity contribution is -0.158. The molecule has 1 heterocycles. The van der Waals surface area contributed by atoms with Gasteiger partial charge in [0.15, 0.2) is 0 Å². The zero-order valence-electron chi connectivity index (χ0n) is 13.8. The monoisotopic (exact) mass is 294 g/mol. The minimum atomic E-state index is -0.0218. The fraction of sp³-hybridized carbons (Fsp3) is 0.941. The van der Waals surface area contributed by atoms with Crippen LogP contribution in [0.15, 0.2) is 0 Å². The van der Waals surface area contributed by atoms with E-state index in [4.69, 9.17) is 4.74 Å². The maximum absolute atomic E-state index is 12.3. The highest BCUT2D eigenvalue weighted by Gasteiger charge is 2.62. The highest BCUT2D eigenvalue weighted by atomic mass is 16.5. The number of fused-ring (bicyclic) bond motifs is 2. The van der Waals surface area contributed by atoms with Crippen LogP contribution in [0.2, 0.25) is 0 Å².